The molecule has 2 aliphatic rings. The number of benzene rings is 1. The van der Waals surface area contributed by atoms with E-state index in [1.54, 1.807) is 0 Å². The van der Waals surface area contributed by atoms with Gasteiger partial charge in [-0.15, -0.1) is 0 Å². The van der Waals surface area contributed by atoms with Crippen LogP contribution in [0.2, 0.25) is 0 Å². The lowest BCUT2D eigenvalue weighted by molar-refractivity contribution is -0.157. The number of carboxylic acids is 1. The van der Waals surface area contributed by atoms with Gasteiger partial charge in [0, 0.05) is 6.54 Å². The summed E-state index contributed by atoms with van der Waals surface area (Å²) in [5.74, 6) is -1.61. The second-order valence-electron chi connectivity index (χ2n) is 5.78. The zero-order chi connectivity index (χ0) is 14.3. The minimum absolute atomic E-state index is 0.0191. The smallest absolute Gasteiger partial charge is 0.307 e. The van der Waals surface area contributed by atoms with Crippen LogP contribution >= 0.6 is 0 Å². The monoisotopic (exact) mass is 273 g/mol. The van der Waals surface area contributed by atoms with Gasteiger partial charge in [0.25, 0.3) is 0 Å². The molecule has 1 amide bonds. The van der Waals surface area contributed by atoms with Crippen LogP contribution in [0.25, 0.3) is 0 Å². The van der Waals surface area contributed by atoms with Crippen molar-refractivity contribution in [3.8, 4) is 0 Å². The highest BCUT2D eigenvalue weighted by Crippen LogP contribution is 2.39. The fourth-order valence-electron chi connectivity index (χ4n) is 3.38. The fourth-order valence-corrected chi connectivity index (χ4v) is 3.38. The number of rotatable bonds is 2. The summed E-state index contributed by atoms with van der Waals surface area (Å²) in [4.78, 5) is 25.5. The number of carbonyl (C=O) groups excluding carboxylic acids is 1. The van der Waals surface area contributed by atoms with Gasteiger partial charge >= 0.3 is 5.97 Å². The van der Waals surface area contributed by atoms with Crippen LogP contribution in [0, 0.1) is 11.8 Å². The first-order valence-corrected chi connectivity index (χ1v) is 7.20. The highest BCUT2D eigenvalue weighted by molar-refractivity contribution is 5.86. The van der Waals surface area contributed by atoms with E-state index < -0.39 is 11.9 Å². The maximum atomic E-state index is 12.6. The number of hydrogen-bond donors (Lipinski definition) is 1. The Hall–Kier alpha value is -1.84. The second-order valence-corrected chi connectivity index (χ2v) is 5.78. The third-order valence-electron chi connectivity index (χ3n) is 4.79. The van der Waals surface area contributed by atoms with Crippen molar-refractivity contribution in [2.45, 2.75) is 32.2 Å². The predicted molar refractivity (Wildman–Crippen MR) is 74.1 cm³/mol. The summed E-state index contributed by atoms with van der Waals surface area (Å²) in [6.45, 7) is 2.73. The molecule has 1 heterocycles. The third kappa shape index (κ3) is 1.99. The van der Waals surface area contributed by atoms with Crippen LogP contribution in [0.5, 0.6) is 0 Å². The molecular formula is C16H19NO3. The van der Waals surface area contributed by atoms with E-state index in [2.05, 4.69) is 12.1 Å². The summed E-state index contributed by atoms with van der Waals surface area (Å²) < 4.78 is 0. The third-order valence-corrected chi connectivity index (χ3v) is 4.79. The Balaban J connectivity index is 1.79. The van der Waals surface area contributed by atoms with E-state index in [-0.39, 0.29) is 17.9 Å². The van der Waals surface area contributed by atoms with Crippen LogP contribution in [0.1, 0.15) is 36.9 Å². The van der Waals surface area contributed by atoms with Crippen molar-refractivity contribution in [2.24, 2.45) is 11.8 Å². The van der Waals surface area contributed by atoms with Crippen molar-refractivity contribution in [3.05, 3.63) is 35.4 Å². The van der Waals surface area contributed by atoms with Crippen LogP contribution < -0.4 is 0 Å². The largest absolute Gasteiger partial charge is 0.481 e. The molecule has 1 saturated carbocycles. The lowest BCUT2D eigenvalue weighted by Crippen LogP contribution is -2.48. The molecular weight excluding hydrogens is 254 g/mol. The number of carbonyl (C=O) groups is 2. The van der Waals surface area contributed by atoms with Crippen LogP contribution in [0.4, 0.5) is 0 Å². The lowest BCUT2D eigenvalue weighted by atomic mass is 9.72. The first kappa shape index (κ1) is 13.2. The van der Waals surface area contributed by atoms with Gasteiger partial charge in [-0.25, -0.2) is 0 Å². The van der Waals surface area contributed by atoms with Gasteiger partial charge in [0.15, 0.2) is 0 Å². The Labute approximate surface area is 118 Å². The first-order valence-electron chi connectivity index (χ1n) is 7.20. The minimum Gasteiger partial charge on any atom is -0.481 e. The molecule has 106 valence electrons. The van der Waals surface area contributed by atoms with E-state index in [0.717, 1.165) is 6.42 Å². The van der Waals surface area contributed by atoms with Crippen molar-refractivity contribution >= 4 is 11.9 Å². The maximum Gasteiger partial charge on any atom is 0.307 e. The first-order chi connectivity index (χ1) is 9.59. The van der Waals surface area contributed by atoms with Crippen LogP contribution in [-0.4, -0.2) is 28.4 Å². The van der Waals surface area contributed by atoms with E-state index in [0.29, 0.717) is 19.4 Å². The van der Waals surface area contributed by atoms with Crippen molar-refractivity contribution in [2.75, 3.05) is 6.54 Å². The maximum absolute atomic E-state index is 12.6. The van der Waals surface area contributed by atoms with Gasteiger partial charge in [0.05, 0.1) is 17.9 Å². The Kier molecular flexibility index (Phi) is 3.24. The van der Waals surface area contributed by atoms with Crippen molar-refractivity contribution in [1.29, 1.82) is 0 Å². The Morgan fingerprint density at radius 3 is 2.55 bits per heavy atom. The van der Waals surface area contributed by atoms with Crippen LogP contribution in [-0.2, 0) is 16.0 Å². The zero-order valence-electron chi connectivity index (χ0n) is 11.6. The number of nitrogens with zero attached hydrogens (tertiary/aromatic N) is 1. The molecule has 0 aromatic heterocycles. The average molecular weight is 273 g/mol. The molecule has 4 heteroatoms. The molecule has 3 rings (SSSR count). The summed E-state index contributed by atoms with van der Waals surface area (Å²) in [5, 5.41) is 9.10. The zero-order valence-corrected chi connectivity index (χ0v) is 11.6. The molecule has 0 spiro atoms. The van der Waals surface area contributed by atoms with E-state index in [4.69, 9.17) is 5.11 Å². The number of aliphatic carboxylic acids is 1. The molecule has 1 aromatic carbocycles. The molecule has 0 saturated heterocycles. The van der Waals surface area contributed by atoms with Gasteiger partial charge in [0.1, 0.15) is 0 Å². The summed E-state index contributed by atoms with van der Waals surface area (Å²) in [6, 6.07) is 8.23. The standard InChI is InChI=1S/C16H19NO3/c1-10-12-5-3-2-4-11(12)8-9-17(10)15(18)13-6-7-14(13)16(19)20/h2-5,10,13-14H,6-9H2,1H3,(H,19,20). The van der Waals surface area contributed by atoms with Gasteiger partial charge in [-0.2, -0.15) is 0 Å². The molecule has 1 aliphatic carbocycles. The number of amides is 1. The molecule has 1 N–H and O–H groups in total. The summed E-state index contributed by atoms with van der Waals surface area (Å²) >= 11 is 0. The van der Waals surface area contributed by atoms with Gasteiger partial charge in [-0.1, -0.05) is 24.3 Å². The quantitative estimate of drug-likeness (QED) is 0.899. The molecule has 1 aliphatic heterocycles. The molecule has 1 fully saturated rings. The predicted octanol–water partition coefficient (Wildman–Crippen LogP) is 2.24. The molecule has 3 atom stereocenters. The lowest BCUT2D eigenvalue weighted by Gasteiger charge is -2.41. The summed E-state index contributed by atoms with van der Waals surface area (Å²) in [5.41, 5.74) is 2.49. The minimum atomic E-state index is -0.834. The van der Waals surface area contributed by atoms with E-state index >= 15 is 0 Å². The Morgan fingerprint density at radius 1 is 1.20 bits per heavy atom. The SMILES string of the molecule is CC1c2ccccc2CCN1C(=O)C1CCC1C(=O)O. The van der Waals surface area contributed by atoms with Crippen LogP contribution in [0.3, 0.4) is 0 Å². The van der Waals surface area contributed by atoms with Gasteiger partial charge in [0.2, 0.25) is 5.91 Å². The number of fused-ring (bicyclic) bond motifs is 1. The van der Waals surface area contributed by atoms with Gasteiger partial charge in [-0.3, -0.25) is 9.59 Å². The topological polar surface area (TPSA) is 57.6 Å². The van der Waals surface area contributed by atoms with Gasteiger partial charge < -0.3 is 10.0 Å². The molecule has 4 nitrogen and oxygen atoms in total. The van der Waals surface area contributed by atoms with E-state index in [9.17, 15) is 9.59 Å². The molecule has 1 aromatic rings. The number of carboxylic acid groups (broad SMARTS) is 1. The van der Waals surface area contributed by atoms with Crippen molar-refractivity contribution in [3.63, 3.8) is 0 Å². The average Bonchev–Trinajstić information content (AvgIpc) is 2.37. The second kappa shape index (κ2) is 4.93. The molecule has 0 radical (unpaired) electrons. The highest BCUT2D eigenvalue weighted by Gasteiger charge is 2.44. The van der Waals surface area contributed by atoms with Crippen LogP contribution in [0.15, 0.2) is 24.3 Å². The normalized spacial score (nSPS) is 28.4. The van der Waals surface area contributed by atoms with E-state index in [1.165, 1.54) is 11.1 Å². The Bertz CT molecular complexity index is 554. The highest BCUT2D eigenvalue weighted by atomic mass is 16.4. The summed E-state index contributed by atoms with van der Waals surface area (Å²) in [7, 11) is 0. The van der Waals surface area contributed by atoms with Crippen molar-refractivity contribution < 1.29 is 14.7 Å². The number of hydrogen-bond acceptors (Lipinski definition) is 2. The summed E-state index contributed by atoms with van der Waals surface area (Å²) in [6.07, 6.45) is 2.20. The molecule has 3 unspecified atom stereocenters. The Morgan fingerprint density at radius 2 is 1.90 bits per heavy atom. The van der Waals surface area contributed by atoms with Crippen molar-refractivity contribution in [1.82, 2.24) is 4.90 Å². The fraction of sp³-hybridized carbons (Fsp3) is 0.500. The van der Waals surface area contributed by atoms with E-state index in [1.807, 2.05) is 24.0 Å². The molecule has 20 heavy (non-hydrogen) atoms. The van der Waals surface area contributed by atoms with Gasteiger partial charge in [-0.05, 0) is 37.3 Å². The molecule has 0 bridgehead atoms.